The number of nitrogens with one attached hydrogen (secondary N) is 1. The third-order valence-electron chi connectivity index (χ3n) is 4.50. The van der Waals surface area contributed by atoms with Crippen molar-refractivity contribution in [1.29, 1.82) is 0 Å². The normalized spacial score (nSPS) is 19.2. The number of carbonyl (C=O) groups is 1. The minimum absolute atomic E-state index is 0. The van der Waals surface area contributed by atoms with E-state index in [9.17, 15) is 17.6 Å². The zero-order valence-corrected chi connectivity index (χ0v) is 16.2. The highest BCUT2D eigenvalue weighted by atomic mass is 35.5. The molecule has 8 heteroatoms. The maximum absolute atomic E-state index is 13.0. The largest absolute Gasteiger partial charge is 0.342 e. The molecule has 0 bridgehead atoms. The fourth-order valence-corrected chi connectivity index (χ4v) is 4.43. The number of hydrogen-bond donors (Lipinski definition) is 1. The van der Waals surface area contributed by atoms with E-state index in [1.165, 1.54) is 19.1 Å². The van der Waals surface area contributed by atoms with Crippen LogP contribution in [0.1, 0.15) is 26.2 Å². The topological polar surface area (TPSA) is 66.5 Å². The first kappa shape index (κ1) is 21.9. The zero-order valence-electron chi connectivity index (χ0n) is 14.6. The number of benzene rings is 1. The van der Waals surface area contributed by atoms with E-state index < -0.39 is 20.9 Å². The highest BCUT2D eigenvalue weighted by Crippen LogP contribution is 2.21. The Bertz CT molecular complexity index is 665. The van der Waals surface area contributed by atoms with Crippen LogP contribution in [-0.4, -0.2) is 51.2 Å². The first-order valence-corrected chi connectivity index (χ1v) is 9.81. The van der Waals surface area contributed by atoms with Gasteiger partial charge in [-0.2, -0.15) is 0 Å². The Hall–Kier alpha value is -1.18. The molecular weight excluding hydrogens is 367 g/mol. The fraction of sp³-hybridized carbons (Fsp3) is 0.588. The summed E-state index contributed by atoms with van der Waals surface area (Å²) in [6, 6.07) is 4.73. The van der Waals surface area contributed by atoms with E-state index in [-0.39, 0.29) is 29.6 Å². The number of halogens is 2. The molecule has 25 heavy (non-hydrogen) atoms. The molecule has 1 heterocycles. The minimum atomic E-state index is -3.64. The van der Waals surface area contributed by atoms with Gasteiger partial charge in [0.15, 0.2) is 9.84 Å². The average Bonchev–Trinajstić information content (AvgIpc) is 2.55. The van der Waals surface area contributed by atoms with Crippen LogP contribution in [0.2, 0.25) is 0 Å². The summed E-state index contributed by atoms with van der Waals surface area (Å²) in [5.74, 6) is -0.202. The van der Waals surface area contributed by atoms with E-state index in [1.807, 2.05) is 7.05 Å². The summed E-state index contributed by atoms with van der Waals surface area (Å²) in [6.07, 6.45) is 1.97. The second-order valence-corrected chi connectivity index (χ2v) is 8.79. The van der Waals surface area contributed by atoms with Crippen LogP contribution in [-0.2, 0) is 14.6 Å². The molecule has 0 spiro atoms. The SMILES string of the molecule is CNCC1CCCN(C(=O)CC(C)S(=O)(=O)c2ccc(F)cc2)C1.Cl. The molecule has 2 unspecified atom stereocenters. The Morgan fingerprint density at radius 2 is 2.00 bits per heavy atom. The summed E-state index contributed by atoms with van der Waals surface area (Å²) in [7, 11) is -1.75. The van der Waals surface area contributed by atoms with Crippen molar-refractivity contribution in [1.82, 2.24) is 10.2 Å². The van der Waals surface area contributed by atoms with Crippen LogP contribution in [0.25, 0.3) is 0 Å². The first-order valence-electron chi connectivity index (χ1n) is 8.26. The highest BCUT2D eigenvalue weighted by Gasteiger charge is 2.29. The van der Waals surface area contributed by atoms with Gasteiger partial charge in [0, 0.05) is 19.5 Å². The van der Waals surface area contributed by atoms with Crippen molar-refractivity contribution in [2.75, 3.05) is 26.7 Å². The van der Waals surface area contributed by atoms with Crippen LogP contribution in [0.3, 0.4) is 0 Å². The van der Waals surface area contributed by atoms with E-state index >= 15 is 0 Å². The monoisotopic (exact) mass is 392 g/mol. The lowest BCUT2D eigenvalue weighted by molar-refractivity contribution is -0.132. The lowest BCUT2D eigenvalue weighted by Gasteiger charge is -2.33. The van der Waals surface area contributed by atoms with Gasteiger partial charge in [-0.25, -0.2) is 12.8 Å². The predicted octanol–water partition coefficient (Wildman–Crippen LogP) is 2.26. The Morgan fingerprint density at radius 1 is 1.36 bits per heavy atom. The van der Waals surface area contributed by atoms with Gasteiger partial charge in [-0.05, 0) is 63.5 Å². The van der Waals surface area contributed by atoms with Crippen LogP contribution < -0.4 is 5.32 Å². The van der Waals surface area contributed by atoms with Gasteiger partial charge in [-0.15, -0.1) is 12.4 Å². The molecule has 0 aliphatic carbocycles. The molecular formula is C17H26ClFN2O3S. The molecule has 1 amide bonds. The molecule has 0 radical (unpaired) electrons. The maximum Gasteiger partial charge on any atom is 0.223 e. The number of hydrogen-bond acceptors (Lipinski definition) is 4. The summed E-state index contributed by atoms with van der Waals surface area (Å²) in [4.78, 5) is 14.3. The highest BCUT2D eigenvalue weighted by molar-refractivity contribution is 7.92. The summed E-state index contributed by atoms with van der Waals surface area (Å²) >= 11 is 0. The van der Waals surface area contributed by atoms with Gasteiger partial charge < -0.3 is 10.2 Å². The van der Waals surface area contributed by atoms with Crippen molar-refractivity contribution in [3.8, 4) is 0 Å². The molecule has 142 valence electrons. The third-order valence-corrected chi connectivity index (χ3v) is 6.65. The maximum atomic E-state index is 13.0. The minimum Gasteiger partial charge on any atom is -0.342 e. The molecule has 1 aliphatic rings. The van der Waals surface area contributed by atoms with Gasteiger partial charge in [0.2, 0.25) is 5.91 Å². The van der Waals surface area contributed by atoms with E-state index in [1.54, 1.807) is 4.90 Å². The van der Waals surface area contributed by atoms with Gasteiger partial charge in [0.25, 0.3) is 0 Å². The molecule has 5 nitrogen and oxygen atoms in total. The lowest BCUT2D eigenvalue weighted by Crippen LogP contribution is -2.43. The molecule has 0 saturated carbocycles. The second-order valence-electron chi connectivity index (χ2n) is 6.42. The van der Waals surface area contributed by atoms with Crippen molar-refractivity contribution in [3.05, 3.63) is 30.1 Å². The van der Waals surface area contributed by atoms with E-state index in [4.69, 9.17) is 0 Å². The summed E-state index contributed by atoms with van der Waals surface area (Å²) in [6.45, 7) is 3.74. The number of rotatable bonds is 6. The van der Waals surface area contributed by atoms with Gasteiger partial charge in [0.05, 0.1) is 10.1 Å². The molecule has 2 atom stereocenters. The van der Waals surface area contributed by atoms with Crippen molar-refractivity contribution in [2.45, 2.75) is 36.3 Å². The van der Waals surface area contributed by atoms with E-state index in [0.717, 1.165) is 31.5 Å². The van der Waals surface area contributed by atoms with Gasteiger partial charge >= 0.3 is 0 Å². The van der Waals surface area contributed by atoms with Crippen LogP contribution in [0.5, 0.6) is 0 Å². The number of piperidine rings is 1. The van der Waals surface area contributed by atoms with E-state index in [0.29, 0.717) is 19.0 Å². The smallest absolute Gasteiger partial charge is 0.223 e. The Labute approximate surface area is 155 Å². The number of likely N-dealkylation sites (tertiary alicyclic amines) is 1. The fourth-order valence-electron chi connectivity index (χ4n) is 3.09. The number of nitrogens with zero attached hydrogens (tertiary/aromatic N) is 1. The van der Waals surface area contributed by atoms with Gasteiger partial charge in [-0.3, -0.25) is 4.79 Å². The first-order chi connectivity index (χ1) is 11.3. The van der Waals surface area contributed by atoms with Gasteiger partial charge in [-0.1, -0.05) is 0 Å². The Kier molecular flexibility index (Phi) is 8.31. The predicted molar refractivity (Wildman–Crippen MR) is 98.1 cm³/mol. The number of sulfone groups is 1. The summed E-state index contributed by atoms with van der Waals surface area (Å²) < 4.78 is 38.0. The van der Waals surface area contributed by atoms with Crippen molar-refractivity contribution < 1.29 is 17.6 Å². The Morgan fingerprint density at radius 3 is 2.60 bits per heavy atom. The standard InChI is InChI=1S/C17H25FN2O3S.ClH/c1-13(24(22,23)16-7-5-15(18)6-8-16)10-17(21)20-9-3-4-14(12-20)11-19-2;/h5-8,13-14,19H,3-4,9-12H2,1-2H3;1H. The van der Waals surface area contributed by atoms with Crippen LogP contribution in [0.15, 0.2) is 29.2 Å². The molecule has 2 rings (SSSR count). The third kappa shape index (κ3) is 5.66. The average molecular weight is 393 g/mol. The Balaban J connectivity index is 0.00000312. The molecule has 1 aliphatic heterocycles. The number of carbonyl (C=O) groups excluding carboxylic acids is 1. The molecule has 0 aromatic heterocycles. The molecule has 1 fully saturated rings. The van der Waals surface area contributed by atoms with Gasteiger partial charge in [0.1, 0.15) is 5.82 Å². The molecule has 1 aromatic carbocycles. The second kappa shape index (κ2) is 9.50. The molecule has 1 aromatic rings. The van der Waals surface area contributed by atoms with E-state index in [2.05, 4.69) is 5.32 Å². The summed E-state index contributed by atoms with van der Waals surface area (Å²) in [5, 5.41) is 2.29. The zero-order chi connectivity index (χ0) is 17.7. The van der Waals surface area contributed by atoms with Crippen molar-refractivity contribution >= 4 is 28.2 Å². The van der Waals surface area contributed by atoms with Crippen LogP contribution in [0, 0.1) is 11.7 Å². The molecule has 1 N–H and O–H groups in total. The van der Waals surface area contributed by atoms with Crippen LogP contribution in [0.4, 0.5) is 4.39 Å². The summed E-state index contributed by atoms with van der Waals surface area (Å²) in [5.41, 5.74) is 0. The van der Waals surface area contributed by atoms with Crippen molar-refractivity contribution in [3.63, 3.8) is 0 Å². The number of amides is 1. The lowest BCUT2D eigenvalue weighted by atomic mass is 9.97. The van der Waals surface area contributed by atoms with Crippen LogP contribution >= 0.6 is 12.4 Å². The quantitative estimate of drug-likeness (QED) is 0.754. The van der Waals surface area contributed by atoms with Crippen molar-refractivity contribution in [2.24, 2.45) is 5.92 Å². The molecule has 1 saturated heterocycles.